The third-order valence-corrected chi connectivity index (χ3v) is 5.22. The van der Waals surface area contributed by atoms with Crippen LogP contribution in [0.3, 0.4) is 0 Å². The quantitative estimate of drug-likeness (QED) is 0.854. The zero-order valence-electron chi connectivity index (χ0n) is 12.9. The molecule has 2 nitrogen and oxygen atoms in total. The van der Waals surface area contributed by atoms with Gasteiger partial charge in [-0.05, 0) is 49.4 Å². The highest BCUT2D eigenvalue weighted by Crippen LogP contribution is 2.36. The van der Waals surface area contributed by atoms with Crippen LogP contribution in [0.4, 0.5) is 0 Å². The van der Waals surface area contributed by atoms with Gasteiger partial charge in [0.05, 0.1) is 0 Å². The van der Waals surface area contributed by atoms with Gasteiger partial charge < -0.3 is 5.32 Å². The first-order chi connectivity index (χ1) is 9.83. The Morgan fingerprint density at radius 3 is 2.65 bits per heavy atom. The molecule has 1 saturated carbocycles. The maximum absolute atomic E-state index is 3.73. The van der Waals surface area contributed by atoms with E-state index in [1.54, 1.807) is 5.56 Å². The number of nitrogens with zero attached hydrogens (tertiary/aromatic N) is 1. The van der Waals surface area contributed by atoms with E-state index >= 15 is 0 Å². The Labute approximate surface area is 123 Å². The van der Waals surface area contributed by atoms with Crippen LogP contribution >= 0.6 is 0 Å². The van der Waals surface area contributed by atoms with Gasteiger partial charge in [0.25, 0.3) is 0 Å². The molecule has 1 fully saturated rings. The minimum Gasteiger partial charge on any atom is -0.309 e. The molecule has 1 aromatic rings. The predicted octanol–water partition coefficient (Wildman–Crippen LogP) is 3.38. The maximum Gasteiger partial charge on any atom is 0.0484 e. The van der Waals surface area contributed by atoms with Gasteiger partial charge in [-0.2, -0.15) is 0 Å². The van der Waals surface area contributed by atoms with Crippen molar-refractivity contribution in [3.8, 4) is 0 Å². The van der Waals surface area contributed by atoms with Crippen molar-refractivity contribution in [2.24, 2.45) is 5.92 Å². The maximum atomic E-state index is 3.73. The van der Waals surface area contributed by atoms with E-state index in [0.29, 0.717) is 12.1 Å². The molecular weight excluding hydrogens is 244 g/mol. The number of rotatable bonds is 6. The van der Waals surface area contributed by atoms with Gasteiger partial charge in [0.1, 0.15) is 0 Å². The van der Waals surface area contributed by atoms with Crippen molar-refractivity contribution in [1.29, 1.82) is 0 Å². The molecule has 2 aliphatic carbocycles. The van der Waals surface area contributed by atoms with E-state index in [9.17, 15) is 0 Å². The first-order valence-corrected chi connectivity index (χ1v) is 8.38. The largest absolute Gasteiger partial charge is 0.309 e. The van der Waals surface area contributed by atoms with Crippen LogP contribution < -0.4 is 5.32 Å². The van der Waals surface area contributed by atoms with Crippen LogP contribution in [-0.2, 0) is 6.42 Å². The molecule has 0 bridgehead atoms. The summed E-state index contributed by atoms with van der Waals surface area (Å²) in [6.07, 6.45) is 5.56. The Kier molecular flexibility index (Phi) is 4.42. The smallest absolute Gasteiger partial charge is 0.0484 e. The summed E-state index contributed by atoms with van der Waals surface area (Å²) in [5, 5.41) is 3.73. The lowest BCUT2D eigenvalue weighted by atomic mass is 9.84. The molecule has 1 N–H and O–H groups in total. The number of benzene rings is 1. The summed E-state index contributed by atoms with van der Waals surface area (Å²) in [7, 11) is 0. The third-order valence-electron chi connectivity index (χ3n) is 5.22. The Hall–Kier alpha value is -0.860. The molecule has 1 aromatic carbocycles. The molecular formula is C18H28N2. The van der Waals surface area contributed by atoms with Gasteiger partial charge in [-0.1, -0.05) is 44.5 Å². The molecule has 2 unspecified atom stereocenters. The fourth-order valence-corrected chi connectivity index (χ4v) is 3.89. The molecule has 110 valence electrons. The Balaban J connectivity index is 1.77. The molecule has 0 radical (unpaired) electrons. The summed E-state index contributed by atoms with van der Waals surface area (Å²) in [4.78, 5) is 2.73. The second-order valence-electron chi connectivity index (χ2n) is 6.39. The van der Waals surface area contributed by atoms with Gasteiger partial charge >= 0.3 is 0 Å². The van der Waals surface area contributed by atoms with Gasteiger partial charge in [-0.3, -0.25) is 4.90 Å². The first-order valence-electron chi connectivity index (χ1n) is 8.38. The molecule has 0 saturated heterocycles. The van der Waals surface area contributed by atoms with Gasteiger partial charge in [0, 0.05) is 18.6 Å². The molecule has 0 aliphatic heterocycles. The molecule has 2 atom stereocenters. The highest BCUT2D eigenvalue weighted by Gasteiger charge is 2.36. The van der Waals surface area contributed by atoms with Gasteiger partial charge in [0.2, 0.25) is 0 Å². The van der Waals surface area contributed by atoms with Crippen molar-refractivity contribution in [2.45, 2.75) is 51.6 Å². The van der Waals surface area contributed by atoms with Crippen LogP contribution in [-0.4, -0.2) is 30.6 Å². The van der Waals surface area contributed by atoms with Gasteiger partial charge in [-0.15, -0.1) is 0 Å². The summed E-state index contributed by atoms with van der Waals surface area (Å²) < 4.78 is 0. The molecule has 0 heterocycles. The van der Waals surface area contributed by atoms with E-state index in [2.05, 4.69) is 48.3 Å². The van der Waals surface area contributed by atoms with Crippen LogP contribution in [0.1, 0.15) is 50.3 Å². The van der Waals surface area contributed by atoms with Crippen molar-refractivity contribution in [2.75, 3.05) is 19.6 Å². The lowest BCUT2D eigenvalue weighted by molar-refractivity contribution is 0.120. The van der Waals surface area contributed by atoms with Gasteiger partial charge in [-0.25, -0.2) is 0 Å². The zero-order chi connectivity index (χ0) is 13.9. The van der Waals surface area contributed by atoms with Crippen LogP contribution in [0.25, 0.3) is 0 Å². The van der Waals surface area contributed by atoms with Crippen molar-refractivity contribution < 1.29 is 0 Å². The standard InChI is InChI=1S/C18H28N2/c1-3-19-18-16-11-6-5-10-15(16)12-17(18)20(4-2)13-14-8-7-9-14/h5-6,10-11,14,17-19H,3-4,7-9,12-13H2,1-2H3. The Bertz CT molecular complexity index is 439. The zero-order valence-corrected chi connectivity index (χ0v) is 12.9. The molecule has 2 heteroatoms. The summed E-state index contributed by atoms with van der Waals surface area (Å²) in [6.45, 7) is 8.08. The average Bonchev–Trinajstić information content (AvgIpc) is 2.78. The van der Waals surface area contributed by atoms with Crippen molar-refractivity contribution in [3.63, 3.8) is 0 Å². The summed E-state index contributed by atoms with van der Waals surface area (Å²) >= 11 is 0. The van der Waals surface area contributed by atoms with E-state index in [0.717, 1.165) is 12.5 Å². The van der Waals surface area contributed by atoms with Crippen molar-refractivity contribution >= 4 is 0 Å². The number of hydrogen-bond acceptors (Lipinski definition) is 2. The summed E-state index contributed by atoms with van der Waals surface area (Å²) in [6, 6.07) is 10.2. The molecule has 0 spiro atoms. The van der Waals surface area contributed by atoms with Crippen LogP contribution in [0, 0.1) is 5.92 Å². The highest BCUT2D eigenvalue weighted by atomic mass is 15.2. The van der Waals surface area contributed by atoms with E-state index < -0.39 is 0 Å². The monoisotopic (exact) mass is 272 g/mol. The molecule has 3 rings (SSSR count). The van der Waals surface area contributed by atoms with E-state index in [4.69, 9.17) is 0 Å². The summed E-state index contributed by atoms with van der Waals surface area (Å²) in [5.41, 5.74) is 3.09. The minimum atomic E-state index is 0.524. The SMILES string of the molecule is CCNC1c2ccccc2CC1N(CC)CC1CCC1. The van der Waals surface area contributed by atoms with Crippen molar-refractivity contribution in [3.05, 3.63) is 35.4 Å². The van der Waals surface area contributed by atoms with Crippen LogP contribution in [0.5, 0.6) is 0 Å². The topological polar surface area (TPSA) is 15.3 Å². The molecule has 20 heavy (non-hydrogen) atoms. The Morgan fingerprint density at radius 1 is 1.20 bits per heavy atom. The molecule has 0 amide bonds. The lowest BCUT2D eigenvalue weighted by Gasteiger charge is -2.38. The number of likely N-dealkylation sites (N-methyl/N-ethyl adjacent to an activating group) is 2. The number of nitrogens with one attached hydrogen (secondary N) is 1. The average molecular weight is 272 g/mol. The van der Waals surface area contributed by atoms with E-state index in [-0.39, 0.29) is 0 Å². The fraction of sp³-hybridized carbons (Fsp3) is 0.667. The molecule has 0 aromatic heterocycles. The van der Waals surface area contributed by atoms with Crippen LogP contribution in [0.15, 0.2) is 24.3 Å². The third kappa shape index (κ3) is 2.64. The number of hydrogen-bond donors (Lipinski definition) is 1. The van der Waals surface area contributed by atoms with E-state index in [1.807, 2.05) is 0 Å². The minimum absolute atomic E-state index is 0.524. The normalized spacial score (nSPS) is 25.8. The number of fused-ring (bicyclic) bond motifs is 1. The predicted molar refractivity (Wildman–Crippen MR) is 84.9 cm³/mol. The van der Waals surface area contributed by atoms with E-state index in [1.165, 1.54) is 44.3 Å². The molecule has 2 aliphatic rings. The van der Waals surface area contributed by atoms with Crippen molar-refractivity contribution in [1.82, 2.24) is 10.2 Å². The Morgan fingerprint density at radius 2 is 2.00 bits per heavy atom. The second-order valence-corrected chi connectivity index (χ2v) is 6.39. The summed E-state index contributed by atoms with van der Waals surface area (Å²) in [5.74, 6) is 0.959. The van der Waals surface area contributed by atoms with Gasteiger partial charge in [0.15, 0.2) is 0 Å². The second kappa shape index (κ2) is 6.28. The first kappa shape index (κ1) is 14.1. The fourth-order valence-electron chi connectivity index (χ4n) is 3.89. The van der Waals surface area contributed by atoms with Crippen LogP contribution in [0.2, 0.25) is 0 Å². The highest BCUT2D eigenvalue weighted by molar-refractivity contribution is 5.37. The lowest BCUT2D eigenvalue weighted by Crippen LogP contribution is -2.45.